The molecule has 3 aromatic rings. The normalized spacial score (nSPS) is 14.9. The molecule has 208 valence electrons. The fraction of sp³-hybridized carbons (Fsp3) is 0.321. The maximum absolute atomic E-state index is 13.6. The van der Waals surface area contributed by atoms with Crippen molar-refractivity contribution in [2.45, 2.75) is 49.3 Å². The molecule has 0 spiro atoms. The van der Waals surface area contributed by atoms with E-state index in [1.54, 1.807) is 37.3 Å². The summed E-state index contributed by atoms with van der Waals surface area (Å²) in [5.41, 5.74) is 2.18. The predicted octanol–water partition coefficient (Wildman–Crippen LogP) is 5.36. The molecule has 39 heavy (non-hydrogen) atoms. The van der Waals surface area contributed by atoms with E-state index in [1.807, 2.05) is 6.92 Å². The van der Waals surface area contributed by atoms with Gasteiger partial charge in [-0.1, -0.05) is 42.1 Å². The standard InChI is InChI=1S/C28H32ClN3O5S2/c1-21-7-12-26(13-8-21)39(36,37)32(27-16-9-23(29)19-22(27)2)20-28(33)30-24-10-14-25(15-11-24)38(34,35)31-17-5-3-4-6-18-31/h7-16,19H,3-6,17-18,20H2,1-2H3,(H,30,33). The molecular weight excluding hydrogens is 558 g/mol. The lowest BCUT2D eigenvalue weighted by atomic mass is 10.2. The van der Waals surface area contributed by atoms with E-state index >= 15 is 0 Å². The highest BCUT2D eigenvalue weighted by Crippen LogP contribution is 2.29. The van der Waals surface area contributed by atoms with Crippen LogP contribution in [0.25, 0.3) is 0 Å². The van der Waals surface area contributed by atoms with Gasteiger partial charge in [-0.2, -0.15) is 4.31 Å². The average molecular weight is 590 g/mol. The molecule has 8 nitrogen and oxygen atoms in total. The minimum atomic E-state index is -4.09. The Kier molecular flexibility index (Phi) is 9.00. The minimum absolute atomic E-state index is 0.0540. The van der Waals surface area contributed by atoms with Gasteiger partial charge in [-0.3, -0.25) is 9.10 Å². The first kappa shape index (κ1) is 29.1. The summed E-state index contributed by atoms with van der Waals surface area (Å²) in [5.74, 6) is -0.580. The highest BCUT2D eigenvalue weighted by molar-refractivity contribution is 7.92. The molecule has 1 aliphatic rings. The molecule has 1 aliphatic heterocycles. The van der Waals surface area contributed by atoms with E-state index in [2.05, 4.69) is 5.32 Å². The summed E-state index contributed by atoms with van der Waals surface area (Å²) < 4.78 is 56.0. The van der Waals surface area contributed by atoms with E-state index < -0.39 is 32.5 Å². The molecule has 11 heteroatoms. The van der Waals surface area contributed by atoms with Gasteiger partial charge >= 0.3 is 0 Å². The first-order valence-corrected chi connectivity index (χ1v) is 16.0. The molecule has 0 bridgehead atoms. The largest absolute Gasteiger partial charge is 0.325 e. The summed E-state index contributed by atoms with van der Waals surface area (Å²) >= 11 is 6.09. The summed E-state index contributed by atoms with van der Waals surface area (Å²) in [6.07, 6.45) is 3.71. The molecule has 0 aliphatic carbocycles. The molecule has 0 radical (unpaired) electrons. The summed E-state index contributed by atoms with van der Waals surface area (Å²) in [4.78, 5) is 13.3. The van der Waals surface area contributed by atoms with Crippen LogP contribution in [-0.2, 0) is 24.8 Å². The first-order valence-electron chi connectivity index (χ1n) is 12.7. The Bertz CT molecular complexity index is 1530. The van der Waals surface area contributed by atoms with Crippen molar-refractivity contribution >= 4 is 48.9 Å². The molecule has 0 unspecified atom stereocenters. The number of carbonyl (C=O) groups is 1. The Morgan fingerprint density at radius 2 is 1.44 bits per heavy atom. The number of rotatable bonds is 8. The van der Waals surface area contributed by atoms with E-state index in [0.717, 1.165) is 35.6 Å². The molecule has 1 heterocycles. The van der Waals surface area contributed by atoms with Crippen molar-refractivity contribution in [2.24, 2.45) is 0 Å². The lowest BCUT2D eigenvalue weighted by molar-refractivity contribution is -0.114. The van der Waals surface area contributed by atoms with Crippen molar-refractivity contribution in [1.29, 1.82) is 0 Å². The smallest absolute Gasteiger partial charge is 0.264 e. The van der Waals surface area contributed by atoms with Crippen molar-refractivity contribution in [3.05, 3.63) is 82.9 Å². The summed E-state index contributed by atoms with van der Waals surface area (Å²) in [5, 5.41) is 3.14. The van der Waals surface area contributed by atoms with Crippen LogP contribution in [0.5, 0.6) is 0 Å². The zero-order valence-electron chi connectivity index (χ0n) is 21.9. The summed E-state index contributed by atoms with van der Waals surface area (Å²) in [6.45, 7) is 4.08. The zero-order valence-corrected chi connectivity index (χ0v) is 24.3. The Balaban J connectivity index is 1.56. The highest BCUT2D eigenvalue weighted by atomic mass is 35.5. The van der Waals surface area contributed by atoms with Crippen LogP contribution in [0, 0.1) is 13.8 Å². The number of nitrogens with zero attached hydrogens (tertiary/aromatic N) is 2. The fourth-order valence-corrected chi connectivity index (χ4v) is 7.74. The van der Waals surface area contributed by atoms with Gasteiger partial charge in [0.15, 0.2) is 0 Å². The second kappa shape index (κ2) is 12.1. The van der Waals surface area contributed by atoms with Crippen LogP contribution in [0.4, 0.5) is 11.4 Å². The molecule has 1 fully saturated rings. The molecule has 1 amide bonds. The third kappa shape index (κ3) is 6.81. The molecule has 1 N–H and O–H groups in total. The van der Waals surface area contributed by atoms with Crippen LogP contribution in [0.1, 0.15) is 36.8 Å². The summed E-state index contributed by atoms with van der Waals surface area (Å²) in [7, 11) is -7.72. The van der Waals surface area contributed by atoms with Crippen molar-refractivity contribution < 1.29 is 21.6 Å². The van der Waals surface area contributed by atoms with Crippen molar-refractivity contribution in [1.82, 2.24) is 4.31 Å². The number of aryl methyl sites for hydroxylation is 2. The van der Waals surface area contributed by atoms with E-state index in [4.69, 9.17) is 11.6 Å². The predicted molar refractivity (Wildman–Crippen MR) is 154 cm³/mol. The number of hydrogen-bond acceptors (Lipinski definition) is 5. The number of anilines is 2. The van der Waals surface area contributed by atoms with Crippen molar-refractivity contribution in [3.63, 3.8) is 0 Å². The Morgan fingerprint density at radius 3 is 2.03 bits per heavy atom. The number of amides is 1. The fourth-order valence-electron chi connectivity index (χ4n) is 4.51. The maximum Gasteiger partial charge on any atom is 0.264 e. The van der Waals surface area contributed by atoms with E-state index in [0.29, 0.717) is 35.1 Å². The van der Waals surface area contributed by atoms with Gasteiger partial charge in [-0.15, -0.1) is 0 Å². The first-order chi connectivity index (χ1) is 18.5. The van der Waals surface area contributed by atoms with Crippen LogP contribution < -0.4 is 9.62 Å². The lowest BCUT2D eigenvalue weighted by Crippen LogP contribution is -2.38. The molecular formula is C28H32ClN3O5S2. The Morgan fingerprint density at radius 1 is 0.846 bits per heavy atom. The van der Waals surface area contributed by atoms with Gasteiger partial charge in [-0.05, 0) is 86.8 Å². The average Bonchev–Trinajstić information content (AvgIpc) is 3.19. The molecule has 4 rings (SSSR count). The van der Waals surface area contributed by atoms with Crippen LogP contribution >= 0.6 is 11.6 Å². The summed E-state index contributed by atoms with van der Waals surface area (Å²) in [6, 6.07) is 17.1. The number of carbonyl (C=O) groups excluding carboxylic acids is 1. The van der Waals surface area contributed by atoms with Crippen LogP contribution in [-0.4, -0.2) is 46.7 Å². The number of halogens is 1. The van der Waals surface area contributed by atoms with Gasteiger partial charge in [0, 0.05) is 23.8 Å². The SMILES string of the molecule is Cc1ccc(S(=O)(=O)N(CC(=O)Nc2ccc(S(=O)(=O)N3CCCCCC3)cc2)c2ccc(Cl)cc2C)cc1. The topological polar surface area (TPSA) is 104 Å². The van der Waals surface area contributed by atoms with E-state index in [9.17, 15) is 21.6 Å². The molecule has 3 aromatic carbocycles. The molecule has 0 aromatic heterocycles. The number of benzene rings is 3. The monoisotopic (exact) mass is 589 g/mol. The van der Waals surface area contributed by atoms with Gasteiger partial charge in [0.25, 0.3) is 10.0 Å². The zero-order chi connectivity index (χ0) is 28.2. The Labute approximate surface area is 235 Å². The van der Waals surface area contributed by atoms with E-state index in [1.165, 1.54) is 40.7 Å². The Hall–Kier alpha value is -2.92. The van der Waals surface area contributed by atoms with Crippen LogP contribution in [0.15, 0.2) is 76.5 Å². The number of nitrogens with one attached hydrogen (secondary N) is 1. The number of hydrogen-bond donors (Lipinski definition) is 1. The number of sulfonamides is 2. The van der Waals surface area contributed by atoms with Crippen LogP contribution in [0.3, 0.4) is 0 Å². The van der Waals surface area contributed by atoms with Gasteiger partial charge in [0.2, 0.25) is 15.9 Å². The van der Waals surface area contributed by atoms with Gasteiger partial charge < -0.3 is 5.32 Å². The van der Waals surface area contributed by atoms with Gasteiger partial charge in [-0.25, -0.2) is 16.8 Å². The second-order valence-corrected chi connectivity index (χ2v) is 13.9. The van der Waals surface area contributed by atoms with Gasteiger partial charge in [0.05, 0.1) is 15.5 Å². The maximum atomic E-state index is 13.6. The molecule has 0 saturated carbocycles. The third-order valence-electron chi connectivity index (χ3n) is 6.66. The second-order valence-electron chi connectivity index (χ2n) is 9.65. The lowest BCUT2D eigenvalue weighted by Gasteiger charge is -2.26. The van der Waals surface area contributed by atoms with E-state index in [-0.39, 0.29) is 9.79 Å². The van der Waals surface area contributed by atoms with Crippen molar-refractivity contribution in [2.75, 3.05) is 29.3 Å². The third-order valence-corrected chi connectivity index (χ3v) is 10.6. The van der Waals surface area contributed by atoms with Gasteiger partial charge in [0.1, 0.15) is 6.54 Å². The minimum Gasteiger partial charge on any atom is -0.325 e. The van der Waals surface area contributed by atoms with Crippen LogP contribution in [0.2, 0.25) is 5.02 Å². The molecule has 0 atom stereocenters. The van der Waals surface area contributed by atoms with Crippen molar-refractivity contribution in [3.8, 4) is 0 Å². The molecule has 1 saturated heterocycles. The highest BCUT2D eigenvalue weighted by Gasteiger charge is 2.29. The quantitative estimate of drug-likeness (QED) is 0.381.